The van der Waals surface area contributed by atoms with E-state index in [-0.39, 0.29) is 5.75 Å². The molecule has 1 fully saturated rings. The Morgan fingerprint density at radius 3 is 2.79 bits per heavy atom. The number of methoxy groups -OCH3 is 1. The van der Waals surface area contributed by atoms with E-state index in [0.29, 0.717) is 32.2 Å². The van der Waals surface area contributed by atoms with Gasteiger partial charge in [-0.3, -0.25) is 4.99 Å². The summed E-state index contributed by atoms with van der Waals surface area (Å²) in [4.78, 5) is 6.73. The highest BCUT2D eigenvalue weighted by atomic mass is 32.2. The van der Waals surface area contributed by atoms with Gasteiger partial charge in [-0.2, -0.15) is 0 Å². The standard InChI is InChI=1S/C15H32N4O4S/c1-4-16-15(17-7-8-18-24(20,21)5-2)19-9-6-14(12-19)13-23-11-10-22-3/h14,18H,4-13H2,1-3H3,(H,16,17). The van der Waals surface area contributed by atoms with Crippen LogP contribution in [0, 0.1) is 5.92 Å². The number of sulfonamides is 1. The second kappa shape index (κ2) is 11.6. The molecule has 0 aliphatic carbocycles. The lowest BCUT2D eigenvalue weighted by Gasteiger charge is -2.21. The van der Waals surface area contributed by atoms with Crippen LogP contribution in [0.1, 0.15) is 20.3 Å². The molecule has 0 amide bonds. The molecule has 8 nitrogen and oxygen atoms in total. The number of rotatable bonds is 11. The third kappa shape index (κ3) is 8.27. The number of nitrogens with one attached hydrogen (secondary N) is 2. The van der Waals surface area contributed by atoms with Gasteiger partial charge in [-0.25, -0.2) is 13.1 Å². The van der Waals surface area contributed by atoms with Crippen molar-refractivity contribution in [2.24, 2.45) is 10.9 Å². The first kappa shape index (κ1) is 21.1. The summed E-state index contributed by atoms with van der Waals surface area (Å²) in [5, 5.41) is 3.27. The largest absolute Gasteiger partial charge is 0.382 e. The van der Waals surface area contributed by atoms with Crippen LogP contribution in [0.3, 0.4) is 0 Å². The maximum absolute atomic E-state index is 11.4. The summed E-state index contributed by atoms with van der Waals surface area (Å²) in [5.74, 6) is 1.42. The highest BCUT2D eigenvalue weighted by molar-refractivity contribution is 7.89. The lowest BCUT2D eigenvalue weighted by atomic mass is 10.1. The SMILES string of the molecule is CCNC(=NCCNS(=O)(=O)CC)N1CCC(COCCOC)C1. The Morgan fingerprint density at radius 1 is 1.33 bits per heavy atom. The minimum atomic E-state index is -3.15. The smallest absolute Gasteiger partial charge is 0.211 e. The Hall–Kier alpha value is -0.900. The predicted molar refractivity (Wildman–Crippen MR) is 95.8 cm³/mol. The Labute approximate surface area is 146 Å². The molecule has 1 aliphatic rings. The van der Waals surface area contributed by atoms with E-state index in [0.717, 1.165) is 38.6 Å². The molecule has 0 spiro atoms. The summed E-state index contributed by atoms with van der Waals surface area (Å²) in [5.41, 5.74) is 0. The monoisotopic (exact) mass is 364 g/mol. The number of hydrogen-bond donors (Lipinski definition) is 2. The normalized spacial score (nSPS) is 19.0. The minimum Gasteiger partial charge on any atom is -0.382 e. The third-order valence-electron chi connectivity index (χ3n) is 3.78. The molecule has 1 heterocycles. The van der Waals surface area contributed by atoms with E-state index in [1.54, 1.807) is 14.0 Å². The van der Waals surface area contributed by atoms with Crippen molar-refractivity contribution in [1.29, 1.82) is 0 Å². The van der Waals surface area contributed by atoms with E-state index in [1.807, 2.05) is 6.92 Å². The molecule has 1 rings (SSSR count). The summed E-state index contributed by atoms with van der Waals surface area (Å²) in [6.45, 7) is 8.98. The van der Waals surface area contributed by atoms with Crippen LogP contribution >= 0.6 is 0 Å². The lowest BCUT2D eigenvalue weighted by Crippen LogP contribution is -2.41. The maximum atomic E-state index is 11.4. The summed E-state index contributed by atoms with van der Waals surface area (Å²) < 4.78 is 35.9. The predicted octanol–water partition coefficient (Wildman–Crippen LogP) is -0.124. The van der Waals surface area contributed by atoms with E-state index in [1.165, 1.54) is 0 Å². The zero-order chi connectivity index (χ0) is 17.8. The Kier molecular flexibility index (Phi) is 10.2. The van der Waals surface area contributed by atoms with Crippen molar-refractivity contribution in [2.45, 2.75) is 20.3 Å². The van der Waals surface area contributed by atoms with E-state index in [4.69, 9.17) is 9.47 Å². The Morgan fingerprint density at radius 2 is 2.12 bits per heavy atom. The quantitative estimate of drug-likeness (QED) is 0.302. The van der Waals surface area contributed by atoms with E-state index in [2.05, 4.69) is 19.9 Å². The first-order valence-corrected chi connectivity index (χ1v) is 10.2. The van der Waals surface area contributed by atoms with Crippen LogP contribution in [0.2, 0.25) is 0 Å². The van der Waals surface area contributed by atoms with Gasteiger partial charge in [-0.15, -0.1) is 0 Å². The number of hydrogen-bond acceptors (Lipinski definition) is 5. The minimum absolute atomic E-state index is 0.0909. The molecule has 1 saturated heterocycles. The second-order valence-corrected chi connectivity index (χ2v) is 7.80. The fourth-order valence-electron chi connectivity index (χ4n) is 2.44. The molecule has 0 saturated carbocycles. The van der Waals surface area contributed by atoms with Gasteiger partial charge in [0, 0.05) is 39.2 Å². The van der Waals surface area contributed by atoms with Gasteiger partial charge in [0.1, 0.15) is 0 Å². The molecule has 0 aromatic carbocycles. The van der Waals surface area contributed by atoms with E-state index >= 15 is 0 Å². The van der Waals surface area contributed by atoms with Gasteiger partial charge in [0.05, 0.1) is 32.1 Å². The number of ether oxygens (including phenoxy) is 2. The zero-order valence-corrected chi connectivity index (χ0v) is 15.9. The Balaban J connectivity index is 2.40. The first-order valence-electron chi connectivity index (χ1n) is 8.59. The molecular formula is C15H32N4O4S. The van der Waals surface area contributed by atoms with Crippen LogP contribution in [-0.2, 0) is 19.5 Å². The van der Waals surface area contributed by atoms with Gasteiger partial charge in [0.15, 0.2) is 5.96 Å². The molecular weight excluding hydrogens is 332 g/mol. The third-order valence-corrected chi connectivity index (χ3v) is 5.19. The zero-order valence-electron chi connectivity index (χ0n) is 15.1. The molecule has 0 bridgehead atoms. The fourth-order valence-corrected chi connectivity index (χ4v) is 3.05. The van der Waals surface area contributed by atoms with Gasteiger partial charge in [0.25, 0.3) is 0 Å². The van der Waals surface area contributed by atoms with Gasteiger partial charge in [0.2, 0.25) is 10.0 Å². The molecule has 9 heteroatoms. The molecule has 0 aromatic rings. The van der Waals surface area contributed by atoms with E-state index in [9.17, 15) is 8.42 Å². The van der Waals surface area contributed by atoms with Crippen LogP contribution in [0.4, 0.5) is 0 Å². The number of aliphatic imine (C=N–C) groups is 1. The van der Waals surface area contributed by atoms with Gasteiger partial charge < -0.3 is 19.7 Å². The number of likely N-dealkylation sites (tertiary alicyclic amines) is 1. The summed E-state index contributed by atoms with van der Waals surface area (Å²) >= 11 is 0. The molecule has 24 heavy (non-hydrogen) atoms. The van der Waals surface area contributed by atoms with Crippen LogP contribution in [0.5, 0.6) is 0 Å². The van der Waals surface area contributed by atoms with Gasteiger partial charge in [-0.1, -0.05) is 0 Å². The fraction of sp³-hybridized carbons (Fsp3) is 0.933. The molecule has 0 aromatic heterocycles. The number of guanidine groups is 1. The second-order valence-electron chi connectivity index (χ2n) is 5.70. The highest BCUT2D eigenvalue weighted by Gasteiger charge is 2.24. The van der Waals surface area contributed by atoms with Crippen molar-refractivity contribution in [3.05, 3.63) is 0 Å². The summed E-state index contributed by atoms with van der Waals surface area (Å²) in [7, 11) is -1.49. The van der Waals surface area contributed by atoms with E-state index < -0.39 is 10.0 Å². The van der Waals surface area contributed by atoms with Crippen LogP contribution in [0.25, 0.3) is 0 Å². The average Bonchev–Trinajstić information content (AvgIpc) is 3.03. The molecule has 1 unspecified atom stereocenters. The van der Waals surface area contributed by atoms with Crippen molar-refractivity contribution >= 4 is 16.0 Å². The van der Waals surface area contributed by atoms with Crippen LogP contribution in [0.15, 0.2) is 4.99 Å². The molecule has 2 N–H and O–H groups in total. The van der Waals surface area contributed by atoms with Crippen molar-refractivity contribution < 1.29 is 17.9 Å². The van der Waals surface area contributed by atoms with Crippen molar-refractivity contribution in [3.63, 3.8) is 0 Å². The number of nitrogens with zero attached hydrogens (tertiary/aromatic N) is 2. The topological polar surface area (TPSA) is 92.3 Å². The van der Waals surface area contributed by atoms with Crippen LogP contribution < -0.4 is 10.0 Å². The van der Waals surface area contributed by atoms with Gasteiger partial charge in [-0.05, 0) is 20.3 Å². The molecule has 1 atom stereocenters. The highest BCUT2D eigenvalue weighted by Crippen LogP contribution is 2.16. The summed E-state index contributed by atoms with van der Waals surface area (Å²) in [6, 6.07) is 0. The van der Waals surface area contributed by atoms with Gasteiger partial charge >= 0.3 is 0 Å². The molecule has 142 valence electrons. The summed E-state index contributed by atoms with van der Waals surface area (Å²) in [6.07, 6.45) is 1.07. The average molecular weight is 365 g/mol. The maximum Gasteiger partial charge on any atom is 0.211 e. The molecule has 0 radical (unpaired) electrons. The Bertz CT molecular complexity index is 470. The van der Waals surface area contributed by atoms with Crippen molar-refractivity contribution in [2.75, 3.05) is 65.4 Å². The first-order chi connectivity index (χ1) is 11.5. The lowest BCUT2D eigenvalue weighted by molar-refractivity contribution is 0.0536. The van der Waals surface area contributed by atoms with Crippen molar-refractivity contribution in [3.8, 4) is 0 Å². The van der Waals surface area contributed by atoms with Crippen LogP contribution in [-0.4, -0.2) is 84.7 Å². The van der Waals surface area contributed by atoms with Crippen molar-refractivity contribution in [1.82, 2.24) is 14.9 Å². The molecule has 1 aliphatic heterocycles.